The van der Waals surface area contributed by atoms with Crippen molar-refractivity contribution in [2.45, 2.75) is 51.8 Å². The zero-order valence-corrected chi connectivity index (χ0v) is 23.7. The minimum Gasteiger partial charge on any atom is -0.443 e. The summed E-state index contributed by atoms with van der Waals surface area (Å²) in [7, 11) is 1.94. The van der Waals surface area contributed by atoms with Crippen LogP contribution in [-0.2, 0) is 29.6 Å². The number of carbonyl (C=O) groups is 2. The van der Waals surface area contributed by atoms with Crippen LogP contribution in [0.2, 0.25) is 0 Å². The van der Waals surface area contributed by atoms with E-state index < -0.39 is 17.6 Å². The highest BCUT2D eigenvalue weighted by Gasteiger charge is 2.39. The van der Waals surface area contributed by atoms with E-state index in [-0.39, 0.29) is 12.5 Å². The van der Waals surface area contributed by atoms with Gasteiger partial charge in [0.15, 0.2) is 0 Å². The quantitative estimate of drug-likeness (QED) is 0.344. The number of aryl methyl sites for hydroxylation is 1. The first-order valence-corrected chi connectivity index (χ1v) is 13.8. The molecule has 1 saturated heterocycles. The van der Waals surface area contributed by atoms with Gasteiger partial charge in [0.2, 0.25) is 0 Å². The molecule has 212 valence electrons. The van der Waals surface area contributed by atoms with Gasteiger partial charge in [0.1, 0.15) is 17.1 Å². The van der Waals surface area contributed by atoms with Gasteiger partial charge in [-0.25, -0.2) is 19.7 Å². The van der Waals surface area contributed by atoms with E-state index in [1.807, 2.05) is 54.2 Å². The Kier molecular flexibility index (Phi) is 6.75. The van der Waals surface area contributed by atoms with E-state index >= 15 is 0 Å². The molecule has 1 fully saturated rings. The highest BCUT2D eigenvalue weighted by Crippen LogP contribution is 2.41. The number of pyridine rings is 2. The fourth-order valence-electron chi connectivity index (χ4n) is 5.68. The summed E-state index contributed by atoms with van der Waals surface area (Å²) in [5.74, 6) is 0.425. The van der Waals surface area contributed by atoms with Crippen molar-refractivity contribution in [3.63, 3.8) is 0 Å². The van der Waals surface area contributed by atoms with E-state index in [4.69, 9.17) is 20.2 Å². The minimum atomic E-state index is -0.744. The standard InChI is InChI=1S/C31H34N6O4/c1-31(2,3)41-30(39)37-16-23-20(21-9-12-33-28-22(21)10-13-36(28)4)5-7-24(27(23)29(37)38)34-26-8-6-19(25(15-32)35-26)18-11-14-40-17-18/h5-10,12-13,18H,11,14-17,32H2,1-4H3,(H,34,35)/t18-/m1/s1. The molecule has 2 aliphatic heterocycles. The lowest BCUT2D eigenvalue weighted by atomic mass is 9.94. The molecule has 1 atom stereocenters. The van der Waals surface area contributed by atoms with Crippen LogP contribution in [0.25, 0.3) is 22.2 Å². The second-order valence-corrected chi connectivity index (χ2v) is 11.5. The van der Waals surface area contributed by atoms with Crippen LogP contribution in [0.15, 0.2) is 48.8 Å². The summed E-state index contributed by atoms with van der Waals surface area (Å²) in [5.41, 5.74) is 11.6. The zero-order valence-electron chi connectivity index (χ0n) is 23.7. The lowest BCUT2D eigenvalue weighted by molar-refractivity contribution is 0.0248. The van der Waals surface area contributed by atoms with Gasteiger partial charge in [0.25, 0.3) is 5.91 Å². The average Bonchev–Trinajstić information content (AvgIpc) is 3.68. The third-order valence-electron chi connectivity index (χ3n) is 7.60. The molecule has 0 saturated carbocycles. The van der Waals surface area contributed by atoms with Gasteiger partial charge in [-0.1, -0.05) is 12.1 Å². The van der Waals surface area contributed by atoms with Crippen molar-refractivity contribution in [3.05, 3.63) is 71.2 Å². The predicted octanol–water partition coefficient (Wildman–Crippen LogP) is 5.23. The summed E-state index contributed by atoms with van der Waals surface area (Å²) < 4.78 is 13.1. The monoisotopic (exact) mass is 554 g/mol. The van der Waals surface area contributed by atoms with Crippen molar-refractivity contribution in [2.75, 3.05) is 18.5 Å². The fourth-order valence-corrected chi connectivity index (χ4v) is 5.68. The van der Waals surface area contributed by atoms with Crippen LogP contribution < -0.4 is 11.1 Å². The predicted molar refractivity (Wildman–Crippen MR) is 156 cm³/mol. The van der Waals surface area contributed by atoms with Crippen LogP contribution in [0.3, 0.4) is 0 Å². The van der Waals surface area contributed by atoms with E-state index in [1.165, 1.54) is 0 Å². The normalized spacial score (nSPS) is 16.9. The van der Waals surface area contributed by atoms with Crippen molar-refractivity contribution in [1.82, 2.24) is 19.4 Å². The van der Waals surface area contributed by atoms with E-state index in [1.54, 1.807) is 27.0 Å². The number of imide groups is 1. The van der Waals surface area contributed by atoms with Gasteiger partial charge >= 0.3 is 6.09 Å². The topological polar surface area (TPSA) is 125 Å². The summed E-state index contributed by atoms with van der Waals surface area (Å²) in [6.45, 7) is 7.11. The molecular weight excluding hydrogens is 520 g/mol. The molecule has 1 aromatic carbocycles. The number of nitrogens with one attached hydrogen (secondary N) is 1. The summed E-state index contributed by atoms with van der Waals surface area (Å²) >= 11 is 0. The number of hydrogen-bond donors (Lipinski definition) is 2. The number of anilines is 2. The van der Waals surface area contributed by atoms with Crippen molar-refractivity contribution in [1.29, 1.82) is 0 Å². The summed E-state index contributed by atoms with van der Waals surface area (Å²) in [5, 5.41) is 4.30. The number of amides is 2. The van der Waals surface area contributed by atoms with Gasteiger partial charge < -0.3 is 25.1 Å². The Balaban J connectivity index is 1.43. The second-order valence-electron chi connectivity index (χ2n) is 11.5. The molecule has 0 unspecified atom stereocenters. The molecule has 0 radical (unpaired) electrons. The van der Waals surface area contributed by atoms with Crippen molar-refractivity contribution in [2.24, 2.45) is 12.8 Å². The fraction of sp³-hybridized carbons (Fsp3) is 0.355. The lowest BCUT2D eigenvalue weighted by Gasteiger charge is -2.23. The Morgan fingerprint density at radius 2 is 2.00 bits per heavy atom. The molecule has 0 spiro atoms. The van der Waals surface area contributed by atoms with E-state index in [0.29, 0.717) is 30.2 Å². The molecule has 0 aliphatic carbocycles. The first-order chi connectivity index (χ1) is 19.6. The summed E-state index contributed by atoms with van der Waals surface area (Å²) in [4.78, 5) is 37.5. The van der Waals surface area contributed by atoms with Crippen LogP contribution in [0.1, 0.15) is 60.3 Å². The lowest BCUT2D eigenvalue weighted by Crippen LogP contribution is -2.37. The first-order valence-electron chi connectivity index (χ1n) is 13.8. The van der Waals surface area contributed by atoms with Gasteiger partial charge in [-0.2, -0.15) is 0 Å². The van der Waals surface area contributed by atoms with Gasteiger partial charge in [-0.15, -0.1) is 0 Å². The minimum absolute atomic E-state index is 0.0900. The number of aromatic nitrogens is 3. The Bertz CT molecular complexity index is 1670. The molecule has 10 heteroatoms. The van der Waals surface area contributed by atoms with Crippen LogP contribution >= 0.6 is 0 Å². The van der Waals surface area contributed by atoms with Crippen molar-refractivity contribution >= 4 is 34.5 Å². The maximum atomic E-state index is 13.9. The largest absolute Gasteiger partial charge is 0.443 e. The second kappa shape index (κ2) is 10.3. The number of nitrogens with zero attached hydrogens (tertiary/aromatic N) is 4. The molecule has 3 N–H and O–H groups in total. The van der Waals surface area contributed by atoms with E-state index in [9.17, 15) is 9.59 Å². The molecular formula is C31H34N6O4. The highest BCUT2D eigenvalue weighted by molar-refractivity contribution is 6.12. The van der Waals surface area contributed by atoms with Crippen molar-refractivity contribution < 1.29 is 19.1 Å². The number of hydrogen-bond acceptors (Lipinski definition) is 8. The van der Waals surface area contributed by atoms with Crippen LogP contribution in [0, 0.1) is 0 Å². The number of ether oxygens (including phenoxy) is 2. The molecule has 6 rings (SSSR count). The third-order valence-corrected chi connectivity index (χ3v) is 7.60. The molecule has 41 heavy (non-hydrogen) atoms. The molecule has 4 aromatic rings. The molecule has 5 heterocycles. The zero-order chi connectivity index (χ0) is 28.9. The molecule has 0 bridgehead atoms. The first kappa shape index (κ1) is 26.9. The van der Waals surface area contributed by atoms with Gasteiger partial charge in [-0.05, 0) is 73.7 Å². The van der Waals surface area contributed by atoms with Crippen LogP contribution in [-0.4, -0.2) is 50.3 Å². The SMILES string of the molecule is Cn1ccc2c(-c3ccc(Nc4ccc([C@@H]5CCOC5)c(CN)n4)c4c3CN(C(=O)OC(C)(C)C)C4=O)ccnc21. The molecule has 10 nitrogen and oxygen atoms in total. The van der Waals surface area contributed by atoms with Gasteiger partial charge in [0, 0.05) is 43.9 Å². The Morgan fingerprint density at radius 3 is 2.73 bits per heavy atom. The molecule has 2 amide bonds. The third kappa shape index (κ3) is 4.93. The summed E-state index contributed by atoms with van der Waals surface area (Å²) in [6, 6.07) is 11.7. The maximum Gasteiger partial charge on any atom is 0.417 e. The number of nitrogens with two attached hydrogens (primary N) is 1. The number of fused-ring (bicyclic) bond motifs is 2. The molecule has 3 aromatic heterocycles. The van der Waals surface area contributed by atoms with Crippen LogP contribution in [0.4, 0.5) is 16.3 Å². The molecule has 2 aliphatic rings. The van der Waals surface area contributed by atoms with Crippen LogP contribution in [0.5, 0.6) is 0 Å². The number of carbonyl (C=O) groups excluding carboxylic acids is 2. The Morgan fingerprint density at radius 1 is 1.17 bits per heavy atom. The van der Waals surface area contributed by atoms with E-state index in [0.717, 1.165) is 56.9 Å². The van der Waals surface area contributed by atoms with Crippen molar-refractivity contribution in [3.8, 4) is 11.1 Å². The van der Waals surface area contributed by atoms with Gasteiger partial charge in [0.05, 0.1) is 30.1 Å². The van der Waals surface area contributed by atoms with Gasteiger partial charge in [-0.3, -0.25) is 4.79 Å². The smallest absolute Gasteiger partial charge is 0.417 e. The summed E-state index contributed by atoms with van der Waals surface area (Å²) in [6.07, 6.45) is 3.97. The average molecular weight is 555 g/mol. The Labute approximate surface area is 238 Å². The highest BCUT2D eigenvalue weighted by atomic mass is 16.6. The Hall–Kier alpha value is -4.28. The number of benzene rings is 1. The number of rotatable bonds is 5. The maximum absolute atomic E-state index is 13.9. The van der Waals surface area contributed by atoms with E-state index in [2.05, 4.69) is 10.3 Å².